The van der Waals surface area contributed by atoms with Crippen molar-refractivity contribution in [2.75, 3.05) is 17.3 Å². The third kappa shape index (κ3) is 2.97. The average Bonchev–Trinajstić information content (AvgIpc) is 2.84. The number of carbonyl (C=O) groups excluding carboxylic acids is 2. The lowest BCUT2D eigenvalue weighted by atomic mass is 10.1. The SMILES string of the molecule is COc1cccc(N[C@@H]2CC(=O)N(c3cc(C)ccc3C)C2=O)c1. The number of ether oxygens (including phenoxy) is 1. The van der Waals surface area contributed by atoms with Crippen LogP contribution in [0.5, 0.6) is 5.75 Å². The maximum absolute atomic E-state index is 12.8. The molecule has 0 unspecified atom stereocenters. The molecule has 0 aliphatic carbocycles. The van der Waals surface area contributed by atoms with Crippen LogP contribution in [0.1, 0.15) is 17.5 Å². The molecule has 0 aromatic heterocycles. The maximum atomic E-state index is 12.8. The lowest BCUT2D eigenvalue weighted by Gasteiger charge is -2.19. The second-order valence-electron chi connectivity index (χ2n) is 5.99. The molecule has 1 N–H and O–H groups in total. The Labute approximate surface area is 141 Å². The molecular weight excluding hydrogens is 304 g/mol. The van der Waals surface area contributed by atoms with Crippen LogP contribution in [-0.4, -0.2) is 25.0 Å². The molecule has 2 aromatic carbocycles. The van der Waals surface area contributed by atoms with Crippen molar-refractivity contribution in [3.63, 3.8) is 0 Å². The molecule has 5 heteroatoms. The number of methoxy groups -OCH3 is 1. The van der Waals surface area contributed by atoms with Crippen LogP contribution < -0.4 is 15.0 Å². The van der Waals surface area contributed by atoms with Gasteiger partial charge in [-0.3, -0.25) is 9.59 Å². The molecule has 1 saturated heterocycles. The molecule has 0 spiro atoms. The van der Waals surface area contributed by atoms with Crippen LogP contribution in [-0.2, 0) is 9.59 Å². The summed E-state index contributed by atoms with van der Waals surface area (Å²) in [6.07, 6.45) is 0.142. The Kier molecular flexibility index (Phi) is 4.25. The van der Waals surface area contributed by atoms with E-state index in [9.17, 15) is 9.59 Å². The van der Waals surface area contributed by atoms with Gasteiger partial charge < -0.3 is 10.1 Å². The Morgan fingerprint density at radius 1 is 1.12 bits per heavy atom. The summed E-state index contributed by atoms with van der Waals surface area (Å²) < 4.78 is 5.18. The molecule has 1 atom stereocenters. The van der Waals surface area contributed by atoms with E-state index >= 15 is 0 Å². The summed E-state index contributed by atoms with van der Waals surface area (Å²) in [6, 6.07) is 12.5. The number of nitrogens with one attached hydrogen (secondary N) is 1. The molecule has 1 aliphatic heterocycles. The number of carbonyl (C=O) groups is 2. The number of hydrogen-bond donors (Lipinski definition) is 1. The first-order chi connectivity index (χ1) is 11.5. The van der Waals surface area contributed by atoms with E-state index in [4.69, 9.17) is 4.74 Å². The summed E-state index contributed by atoms with van der Waals surface area (Å²) in [5.41, 5.74) is 3.34. The molecule has 24 heavy (non-hydrogen) atoms. The summed E-state index contributed by atoms with van der Waals surface area (Å²) in [4.78, 5) is 26.5. The quantitative estimate of drug-likeness (QED) is 0.878. The number of amides is 2. The van der Waals surface area contributed by atoms with E-state index in [-0.39, 0.29) is 18.2 Å². The number of benzene rings is 2. The van der Waals surface area contributed by atoms with Crippen molar-refractivity contribution < 1.29 is 14.3 Å². The van der Waals surface area contributed by atoms with Gasteiger partial charge in [0.25, 0.3) is 5.91 Å². The number of imide groups is 1. The lowest BCUT2D eigenvalue weighted by molar-refractivity contribution is -0.121. The molecule has 1 fully saturated rings. The van der Waals surface area contributed by atoms with Gasteiger partial charge in [0.05, 0.1) is 19.2 Å². The highest BCUT2D eigenvalue weighted by molar-refractivity contribution is 6.23. The molecule has 1 heterocycles. The van der Waals surface area contributed by atoms with Crippen molar-refractivity contribution in [3.05, 3.63) is 53.6 Å². The van der Waals surface area contributed by atoms with E-state index in [1.807, 2.05) is 50.2 Å². The van der Waals surface area contributed by atoms with E-state index in [1.54, 1.807) is 13.2 Å². The number of rotatable bonds is 4. The van der Waals surface area contributed by atoms with Crippen molar-refractivity contribution in [2.45, 2.75) is 26.3 Å². The molecule has 0 radical (unpaired) electrons. The van der Waals surface area contributed by atoms with Gasteiger partial charge in [-0.1, -0.05) is 18.2 Å². The summed E-state index contributed by atoms with van der Waals surface area (Å²) in [5, 5.41) is 3.14. The highest BCUT2D eigenvalue weighted by atomic mass is 16.5. The number of aryl methyl sites for hydroxylation is 2. The average molecular weight is 324 g/mol. The van der Waals surface area contributed by atoms with E-state index in [1.165, 1.54) is 4.90 Å². The first-order valence-electron chi connectivity index (χ1n) is 7.84. The van der Waals surface area contributed by atoms with Crippen molar-refractivity contribution in [2.24, 2.45) is 0 Å². The third-order valence-corrected chi connectivity index (χ3v) is 4.16. The minimum absolute atomic E-state index is 0.142. The molecule has 2 amide bonds. The van der Waals surface area contributed by atoms with Crippen molar-refractivity contribution in [1.29, 1.82) is 0 Å². The highest BCUT2D eigenvalue weighted by Gasteiger charge is 2.40. The Morgan fingerprint density at radius 3 is 2.67 bits per heavy atom. The minimum atomic E-state index is -0.565. The van der Waals surface area contributed by atoms with Gasteiger partial charge in [-0.05, 0) is 43.2 Å². The molecule has 3 rings (SSSR count). The largest absolute Gasteiger partial charge is 0.497 e. The molecule has 124 valence electrons. The van der Waals surface area contributed by atoms with Gasteiger partial charge in [0, 0.05) is 11.8 Å². The van der Waals surface area contributed by atoms with Gasteiger partial charge >= 0.3 is 0 Å². The van der Waals surface area contributed by atoms with Gasteiger partial charge in [-0.25, -0.2) is 4.90 Å². The molecular formula is C19H20N2O3. The van der Waals surface area contributed by atoms with Crippen LogP contribution >= 0.6 is 0 Å². The Hall–Kier alpha value is -2.82. The molecule has 1 aliphatic rings. The lowest BCUT2D eigenvalue weighted by Crippen LogP contribution is -2.35. The predicted molar refractivity (Wildman–Crippen MR) is 93.4 cm³/mol. The zero-order chi connectivity index (χ0) is 17.3. The molecule has 0 saturated carbocycles. The van der Waals surface area contributed by atoms with E-state index < -0.39 is 6.04 Å². The summed E-state index contributed by atoms with van der Waals surface area (Å²) in [5.74, 6) is 0.286. The smallest absolute Gasteiger partial charge is 0.256 e. The molecule has 5 nitrogen and oxygen atoms in total. The van der Waals surface area contributed by atoms with Crippen molar-refractivity contribution >= 4 is 23.2 Å². The van der Waals surface area contributed by atoms with Crippen molar-refractivity contribution in [3.8, 4) is 5.75 Å². The van der Waals surface area contributed by atoms with Crippen LogP contribution in [0.15, 0.2) is 42.5 Å². The van der Waals surface area contributed by atoms with Crippen LogP contribution in [0.25, 0.3) is 0 Å². The van der Waals surface area contributed by atoms with Gasteiger partial charge in [0.15, 0.2) is 0 Å². The Bertz CT molecular complexity index is 801. The van der Waals surface area contributed by atoms with E-state index in [2.05, 4.69) is 5.32 Å². The number of hydrogen-bond acceptors (Lipinski definition) is 4. The first kappa shape index (κ1) is 16.1. The van der Waals surface area contributed by atoms with Crippen LogP contribution in [0.2, 0.25) is 0 Å². The standard InChI is InChI=1S/C19H20N2O3/c1-12-7-8-13(2)17(9-12)21-18(22)11-16(19(21)23)20-14-5-4-6-15(10-14)24-3/h4-10,16,20H,11H2,1-3H3/t16-/m1/s1. The predicted octanol–water partition coefficient (Wildman–Crippen LogP) is 3.06. The van der Waals surface area contributed by atoms with Gasteiger partial charge in [-0.15, -0.1) is 0 Å². The second kappa shape index (κ2) is 6.35. The summed E-state index contributed by atoms with van der Waals surface area (Å²) in [7, 11) is 1.59. The van der Waals surface area contributed by atoms with E-state index in [0.29, 0.717) is 11.4 Å². The van der Waals surface area contributed by atoms with Gasteiger partial charge in [0.1, 0.15) is 11.8 Å². The van der Waals surface area contributed by atoms with Gasteiger partial charge in [-0.2, -0.15) is 0 Å². The third-order valence-electron chi connectivity index (χ3n) is 4.16. The van der Waals surface area contributed by atoms with Crippen LogP contribution in [0, 0.1) is 13.8 Å². The highest BCUT2D eigenvalue weighted by Crippen LogP contribution is 2.29. The van der Waals surface area contributed by atoms with E-state index in [0.717, 1.165) is 16.8 Å². The van der Waals surface area contributed by atoms with Crippen molar-refractivity contribution in [1.82, 2.24) is 0 Å². The zero-order valence-electron chi connectivity index (χ0n) is 14.0. The Balaban J connectivity index is 1.85. The van der Waals surface area contributed by atoms with Gasteiger partial charge in [0.2, 0.25) is 5.91 Å². The molecule has 2 aromatic rings. The number of nitrogens with zero attached hydrogens (tertiary/aromatic N) is 1. The minimum Gasteiger partial charge on any atom is -0.497 e. The maximum Gasteiger partial charge on any atom is 0.256 e. The monoisotopic (exact) mass is 324 g/mol. The fourth-order valence-electron chi connectivity index (χ4n) is 2.87. The van der Waals surface area contributed by atoms with Crippen LogP contribution in [0.4, 0.5) is 11.4 Å². The number of anilines is 2. The Morgan fingerprint density at radius 2 is 1.92 bits per heavy atom. The molecule has 0 bridgehead atoms. The van der Waals surface area contributed by atoms with Crippen LogP contribution in [0.3, 0.4) is 0 Å². The summed E-state index contributed by atoms with van der Waals surface area (Å²) in [6.45, 7) is 3.85. The first-order valence-corrected chi connectivity index (χ1v) is 7.84. The second-order valence-corrected chi connectivity index (χ2v) is 5.99. The fraction of sp³-hybridized carbons (Fsp3) is 0.263. The fourth-order valence-corrected chi connectivity index (χ4v) is 2.87. The normalized spacial score (nSPS) is 17.3. The topological polar surface area (TPSA) is 58.6 Å². The summed E-state index contributed by atoms with van der Waals surface area (Å²) >= 11 is 0. The zero-order valence-corrected chi connectivity index (χ0v) is 14.0.